The molecule has 0 radical (unpaired) electrons. The number of fused-ring (bicyclic) bond motifs is 7. The van der Waals surface area contributed by atoms with Gasteiger partial charge in [-0.05, 0) is 53.0 Å². The van der Waals surface area contributed by atoms with Gasteiger partial charge in [-0.25, -0.2) is 70.8 Å². The van der Waals surface area contributed by atoms with E-state index in [1.54, 1.807) is 12.4 Å². The van der Waals surface area contributed by atoms with Gasteiger partial charge in [0.15, 0.2) is 69.8 Å². The molecule has 0 saturated carbocycles. The van der Waals surface area contributed by atoms with Crippen molar-refractivity contribution in [3.8, 4) is 0 Å². The van der Waals surface area contributed by atoms with Crippen LogP contribution in [0.15, 0.2) is 87.4 Å². The van der Waals surface area contributed by atoms with Gasteiger partial charge in [0.2, 0.25) is 17.5 Å². The van der Waals surface area contributed by atoms with Crippen LogP contribution in [-0.4, -0.2) is 36.2 Å². The summed E-state index contributed by atoms with van der Waals surface area (Å²) in [6, 6.07) is 8.99. The average molecular weight is 1010 g/mol. The molecule has 9 rings (SSSR count). The third-order valence-electron chi connectivity index (χ3n) is 9.92. The standard InChI is InChI=1S/C38H10ClF15N4O.C5H5N.Ga/c39-38(59)8-7-15-9-1-2-10(55-9)16(19-22(40)28(46)34(52)29(47)23(19)41)11-3-4-12(56-11)17(20-24(42)30(48)35(53)31(49)25(20)43)13-5-6-14(57-13)18(37(8)58-15)21-26(44)32(50)36(54)33(51)27(21)45;1-2-4-6-5-3-1;/h1-2,5-7H,3-4H2,(H-2,55,56,57,58,59);1-5H;/q-2;;+3/p-1. The number of hydrogen-bond acceptors (Lipinski definition) is 4. The van der Waals surface area contributed by atoms with Crippen LogP contribution in [-0.2, 0) is 0 Å². The first-order chi connectivity index (χ1) is 30.8. The number of rotatable bonds is 3. The molecule has 6 nitrogen and oxygen atoms in total. The van der Waals surface area contributed by atoms with E-state index >= 15 is 26.3 Å². The second-order valence-corrected chi connectivity index (χ2v) is 13.9. The van der Waals surface area contributed by atoms with E-state index < -0.39 is 189 Å². The van der Waals surface area contributed by atoms with Gasteiger partial charge in [0, 0.05) is 35.1 Å². The average Bonchev–Trinajstić information content (AvgIpc) is 4.15. The first-order valence-electron chi connectivity index (χ1n) is 18.0. The van der Waals surface area contributed by atoms with Gasteiger partial charge in [0.05, 0.1) is 22.4 Å². The van der Waals surface area contributed by atoms with Crippen LogP contribution >= 0.6 is 11.6 Å². The number of pyridine rings is 1. The van der Waals surface area contributed by atoms with Crippen LogP contribution in [0, 0.1) is 87.3 Å². The van der Waals surface area contributed by atoms with E-state index in [2.05, 4.69) is 24.9 Å². The Balaban J connectivity index is 0.000000858. The molecule has 8 bridgehead atoms. The van der Waals surface area contributed by atoms with E-state index in [0.29, 0.717) is 12.1 Å². The largest absolute Gasteiger partial charge is 3.00 e. The first-order valence-corrected chi connectivity index (χ1v) is 18.4. The normalized spacial score (nSPS) is 15.1. The molecule has 0 fully saturated rings. The topological polar surface area (TPSA) is 88.9 Å². The summed E-state index contributed by atoms with van der Waals surface area (Å²) in [6.07, 6.45) is 2.95. The zero-order valence-corrected chi connectivity index (χ0v) is 35.1. The molecule has 0 saturated heterocycles. The number of allylic oxidation sites excluding steroid dienone is 3. The fraction of sp³-hybridized carbons (Fsp3) is 0.0465. The van der Waals surface area contributed by atoms with Crippen LogP contribution in [0.1, 0.15) is 40.9 Å². The van der Waals surface area contributed by atoms with Gasteiger partial charge < -0.3 is 15.1 Å². The molecule has 0 amide bonds. The quantitative estimate of drug-likeness (QED) is 0.0590. The fourth-order valence-electron chi connectivity index (χ4n) is 7.04. The smallest absolute Gasteiger partial charge is 0.864 e. The summed E-state index contributed by atoms with van der Waals surface area (Å²) in [5.74, 6) is -37.8. The maximum atomic E-state index is 15.7. The van der Waals surface area contributed by atoms with E-state index in [1.807, 2.05) is 18.2 Å². The number of aromatic nitrogens is 3. The summed E-state index contributed by atoms with van der Waals surface area (Å²) < 4.78 is 225. The molecule has 3 aliphatic heterocycles. The van der Waals surface area contributed by atoms with Crippen molar-refractivity contribution in [2.24, 2.45) is 9.98 Å². The zero-order valence-electron chi connectivity index (χ0n) is 32.0. The molecule has 0 spiro atoms. The number of nitrogens with zero attached hydrogens (tertiary/aromatic N) is 5. The second-order valence-electron chi connectivity index (χ2n) is 13.6. The molecule has 3 aromatic carbocycles. The third kappa shape index (κ3) is 7.64. The van der Waals surface area contributed by atoms with Crippen molar-refractivity contribution in [2.45, 2.75) is 12.8 Å². The van der Waals surface area contributed by atoms with Crippen LogP contribution in [0.2, 0.25) is 0 Å². The van der Waals surface area contributed by atoms with Gasteiger partial charge in [0.1, 0.15) is 0 Å². The number of halogens is 16. The van der Waals surface area contributed by atoms with Crippen LogP contribution in [0.25, 0.3) is 22.4 Å². The molecule has 3 aromatic heterocycles. The van der Waals surface area contributed by atoms with Crippen LogP contribution < -0.4 is 25.8 Å². The van der Waals surface area contributed by atoms with Crippen molar-refractivity contribution in [3.63, 3.8) is 0 Å². The first kappa shape index (κ1) is 47.3. The van der Waals surface area contributed by atoms with Crippen molar-refractivity contribution in [2.75, 3.05) is 0 Å². The zero-order chi connectivity index (χ0) is 46.9. The molecule has 0 N–H and O–H groups in total. The molecular formula is C43H14ClF15GaN5O. The van der Waals surface area contributed by atoms with Gasteiger partial charge in [-0.1, -0.05) is 30.3 Å². The van der Waals surface area contributed by atoms with Crippen molar-refractivity contribution in [1.82, 2.24) is 15.0 Å². The monoisotopic (exact) mass is 1000 g/mol. The molecule has 0 unspecified atom stereocenters. The fourth-order valence-corrected chi connectivity index (χ4v) is 7.19. The summed E-state index contributed by atoms with van der Waals surface area (Å²) in [6.45, 7) is 0. The minimum Gasteiger partial charge on any atom is -0.864 e. The Labute approximate surface area is 376 Å². The Bertz CT molecular complexity index is 3240. The van der Waals surface area contributed by atoms with E-state index in [0.717, 1.165) is 18.2 Å². The second kappa shape index (κ2) is 18.0. The third-order valence-corrected chi connectivity index (χ3v) is 10.1. The van der Waals surface area contributed by atoms with E-state index in [9.17, 15) is 44.6 Å². The van der Waals surface area contributed by atoms with Crippen molar-refractivity contribution < 1.29 is 71.0 Å². The minimum absolute atomic E-state index is 0. The molecule has 3 aliphatic rings. The number of hydrogen-bond donors (Lipinski definition) is 0. The van der Waals surface area contributed by atoms with E-state index in [-0.39, 0.29) is 19.8 Å². The Morgan fingerprint density at radius 3 is 1.35 bits per heavy atom. The van der Waals surface area contributed by atoms with Crippen LogP contribution in [0.5, 0.6) is 0 Å². The molecule has 0 atom stereocenters. The predicted octanol–water partition coefficient (Wildman–Crippen LogP) is 8.10. The van der Waals surface area contributed by atoms with Gasteiger partial charge >= 0.3 is 19.8 Å². The minimum atomic E-state index is -2.64. The van der Waals surface area contributed by atoms with Gasteiger partial charge in [0.25, 0.3) is 0 Å². The van der Waals surface area contributed by atoms with Crippen molar-refractivity contribution >= 4 is 65.2 Å². The number of benzene rings is 3. The molecule has 6 aromatic rings. The molecule has 23 heteroatoms. The van der Waals surface area contributed by atoms with E-state index in [4.69, 9.17) is 11.6 Å². The molecule has 332 valence electrons. The maximum Gasteiger partial charge on any atom is 3.00 e. The van der Waals surface area contributed by atoms with Crippen LogP contribution in [0.3, 0.4) is 0 Å². The van der Waals surface area contributed by atoms with Crippen molar-refractivity contribution in [1.29, 1.82) is 0 Å². The molecule has 66 heavy (non-hydrogen) atoms. The molecule has 6 heterocycles. The molecule has 0 aliphatic carbocycles. The summed E-state index contributed by atoms with van der Waals surface area (Å²) in [4.78, 5) is 20.0. The molecular weight excluding hydrogens is 993 g/mol. The van der Waals surface area contributed by atoms with Gasteiger partial charge in [-0.2, -0.15) is 0 Å². The van der Waals surface area contributed by atoms with Gasteiger partial charge in [-0.15, -0.1) is 33.7 Å². The SMILES string of the molecule is [Ga+3].[O-]/C(Cl)=C1\C=C2N=C1C(c1c(F)c(F)c(F)c(F)c1F)=c1ccc([n-]1)=C(c1c(F)c(F)c(F)c(F)c1F)C1=NC(=C(c3c(F)c(F)c(F)c(F)c3F)c3ccc2[n-]3)CC1.c1ccncc1. The summed E-state index contributed by atoms with van der Waals surface area (Å²) >= 11 is 5.77. The van der Waals surface area contributed by atoms with Gasteiger partial charge in [-0.3, -0.25) is 9.98 Å². The van der Waals surface area contributed by atoms with E-state index in [1.165, 1.54) is 0 Å². The summed E-state index contributed by atoms with van der Waals surface area (Å²) in [5, 5.41) is 9.46. The Kier molecular flexibility index (Phi) is 12.9. The Morgan fingerprint density at radius 1 is 0.485 bits per heavy atom. The van der Waals surface area contributed by atoms with Crippen LogP contribution in [0.4, 0.5) is 65.9 Å². The predicted molar refractivity (Wildman–Crippen MR) is 203 cm³/mol. The summed E-state index contributed by atoms with van der Waals surface area (Å²) in [7, 11) is 0. The summed E-state index contributed by atoms with van der Waals surface area (Å²) in [5.41, 5.74) is -13.4. The Morgan fingerprint density at radius 2 is 0.909 bits per heavy atom. The van der Waals surface area contributed by atoms with Crippen molar-refractivity contribution in [3.05, 3.63) is 203 Å². The Hall–Kier alpha value is -6.65. The maximum absolute atomic E-state index is 15.7. The number of aliphatic imine (C=N–C) groups is 2.